The van der Waals surface area contributed by atoms with E-state index in [0.717, 1.165) is 50.4 Å². The molecular weight excluding hydrogens is 636 g/mol. The number of hydrogen-bond acceptors (Lipinski definition) is 5. The number of rotatable bonds is 35. The minimum absolute atomic E-state index is 0.245. The number of carbonyl (C=O) groups is 3. The smallest absolute Gasteiger partial charge is 0.308 e. The molecule has 1 N–H and O–H groups in total. The molecule has 0 spiro atoms. The summed E-state index contributed by atoms with van der Waals surface area (Å²) >= 11 is 0. The quantitative estimate of drug-likeness (QED) is 0.0518. The fraction of sp³-hybridized carbons (Fsp3) is 0.933. The molecule has 0 aromatic rings. The van der Waals surface area contributed by atoms with Crippen LogP contribution in [0.2, 0.25) is 0 Å². The minimum atomic E-state index is -0.945. The third-order valence-corrected chi connectivity index (χ3v) is 11.1. The van der Waals surface area contributed by atoms with Gasteiger partial charge in [0.25, 0.3) is 0 Å². The van der Waals surface area contributed by atoms with Crippen LogP contribution in [0.5, 0.6) is 0 Å². The summed E-state index contributed by atoms with van der Waals surface area (Å²) < 4.78 is 11.1. The van der Waals surface area contributed by atoms with Gasteiger partial charge in [-0.3, -0.25) is 14.4 Å². The molecule has 0 aromatic carbocycles. The lowest BCUT2D eigenvalue weighted by Gasteiger charge is -2.30. The molecule has 6 nitrogen and oxygen atoms in total. The highest BCUT2D eigenvalue weighted by Crippen LogP contribution is 2.35. The molecule has 1 rings (SSSR count). The zero-order valence-electron chi connectivity index (χ0n) is 34.2. The Morgan fingerprint density at radius 1 is 0.412 bits per heavy atom. The van der Waals surface area contributed by atoms with Crippen LogP contribution in [0.25, 0.3) is 0 Å². The maximum Gasteiger partial charge on any atom is 0.308 e. The van der Waals surface area contributed by atoms with Crippen molar-refractivity contribution in [3.05, 3.63) is 0 Å². The summed E-state index contributed by atoms with van der Waals surface area (Å²) in [5.41, 5.74) is 0. The Morgan fingerprint density at radius 2 is 0.647 bits per heavy atom. The Bertz CT molecular complexity index is 779. The van der Waals surface area contributed by atoms with Gasteiger partial charge in [-0.25, -0.2) is 0 Å². The zero-order valence-corrected chi connectivity index (χ0v) is 34.2. The van der Waals surface area contributed by atoms with Crippen LogP contribution in [-0.2, 0) is 23.9 Å². The normalized spacial score (nSPS) is 17.6. The molecule has 0 bridgehead atoms. The zero-order chi connectivity index (χ0) is 37.4. The van der Waals surface area contributed by atoms with Crippen molar-refractivity contribution in [3.63, 3.8) is 0 Å². The molecule has 1 saturated carbocycles. The molecule has 51 heavy (non-hydrogen) atoms. The van der Waals surface area contributed by atoms with E-state index < -0.39 is 23.7 Å². The first kappa shape index (κ1) is 47.4. The number of hydrogen-bond donors (Lipinski definition) is 1. The van der Waals surface area contributed by atoms with Crippen LogP contribution in [0.3, 0.4) is 0 Å². The Morgan fingerprint density at radius 3 is 0.902 bits per heavy atom. The van der Waals surface area contributed by atoms with Crippen molar-refractivity contribution in [3.8, 4) is 0 Å². The minimum Gasteiger partial charge on any atom is -0.481 e. The number of carboxylic acid groups (broad SMARTS) is 1. The van der Waals surface area contributed by atoms with Crippen LogP contribution in [0.15, 0.2) is 0 Å². The number of ether oxygens (including phenoxy) is 2. The molecule has 0 aromatic heterocycles. The van der Waals surface area contributed by atoms with Gasteiger partial charge < -0.3 is 14.6 Å². The Hall–Kier alpha value is -1.59. The molecule has 6 heteroatoms. The van der Waals surface area contributed by atoms with Gasteiger partial charge in [0, 0.05) is 0 Å². The summed E-state index contributed by atoms with van der Waals surface area (Å²) in [4.78, 5) is 37.5. The molecule has 0 heterocycles. The fourth-order valence-corrected chi connectivity index (χ4v) is 7.69. The number of unbranched alkanes of at least 4 members (excludes halogenated alkanes) is 24. The summed E-state index contributed by atoms with van der Waals surface area (Å²) in [5, 5.41) is 9.70. The van der Waals surface area contributed by atoms with Gasteiger partial charge in [-0.15, -0.1) is 0 Å². The van der Waals surface area contributed by atoms with E-state index in [1.165, 1.54) is 141 Å². The van der Waals surface area contributed by atoms with Gasteiger partial charge in [0.2, 0.25) is 0 Å². The van der Waals surface area contributed by atoms with Crippen molar-refractivity contribution in [1.29, 1.82) is 0 Å². The van der Waals surface area contributed by atoms with E-state index in [9.17, 15) is 19.5 Å². The number of carbonyl (C=O) groups excluding carboxylic acids is 2. The van der Waals surface area contributed by atoms with Crippen LogP contribution in [0.1, 0.15) is 227 Å². The topological polar surface area (TPSA) is 89.9 Å². The van der Waals surface area contributed by atoms with Crippen LogP contribution in [0, 0.1) is 29.6 Å². The van der Waals surface area contributed by atoms with Crippen LogP contribution < -0.4 is 0 Å². The van der Waals surface area contributed by atoms with Crippen molar-refractivity contribution in [2.75, 3.05) is 13.2 Å². The van der Waals surface area contributed by atoms with Crippen LogP contribution >= 0.6 is 0 Å². The lowest BCUT2D eigenvalue weighted by molar-refractivity contribution is -0.159. The van der Waals surface area contributed by atoms with Gasteiger partial charge in [-0.05, 0) is 43.9 Å². The van der Waals surface area contributed by atoms with E-state index in [2.05, 4.69) is 27.7 Å². The molecule has 0 radical (unpaired) electrons. The van der Waals surface area contributed by atoms with E-state index in [4.69, 9.17) is 9.47 Å². The average molecular weight is 721 g/mol. The maximum atomic E-state index is 12.9. The van der Waals surface area contributed by atoms with Crippen molar-refractivity contribution in [2.45, 2.75) is 227 Å². The van der Waals surface area contributed by atoms with Crippen molar-refractivity contribution >= 4 is 17.9 Å². The molecule has 1 aliphatic rings. The SMILES string of the molecule is CC(C)CCCCCCCCCCCCCCCOC(=O)C1CC(C(=O)O)CC(C(=O)OCCCCCCCCCCCCCCCC(C)C)C1. The second-order valence-electron chi connectivity index (χ2n) is 17.0. The molecule has 0 saturated heterocycles. The molecule has 300 valence electrons. The lowest BCUT2D eigenvalue weighted by atomic mass is 9.75. The molecular formula is C45H84O6. The first-order chi connectivity index (χ1) is 24.7. The predicted octanol–water partition coefficient (Wildman–Crippen LogP) is 13.4. The monoisotopic (exact) mass is 721 g/mol. The number of esters is 2. The average Bonchev–Trinajstić information content (AvgIpc) is 3.10. The Balaban J connectivity index is 2.06. The third-order valence-electron chi connectivity index (χ3n) is 11.1. The molecule has 2 unspecified atom stereocenters. The van der Waals surface area contributed by atoms with Gasteiger partial charge in [-0.2, -0.15) is 0 Å². The number of carboxylic acids is 1. The largest absolute Gasteiger partial charge is 0.481 e. The van der Waals surface area contributed by atoms with Crippen molar-refractivity contribution in [1.82, 2.24) is 0 Å². The molecule has 2 atom stereocenters. The van der Waals surface area contributed by atoms with Gasteiger partial charge >= 0.3 is 17.9 Å². The van der Waals surface area contributed by atoms with Gasteiger partial charge in [0.05, 0.1) is 31.0 Å². The molecule has 1 aliphatic carbocycles. The highest BCUT2D eigenvalue weighted by atomic mass is 16.5. The third kappa shape index (κ3) is 28.6. The Labute approximate surface area is 315 Å². The van der Waals surface area contributed by atoms with E-state index in [1.54, 1.807) is 0 Å². The van der Waals surface area contributed by atoms with Crippen molar-refractivity contribution < 1.29 is 29.0 Å². The lowest BCUT2D eigenvalue weighted by Crippen LogP contribution is -2.36. The van der Waals surface area contributed by atoms with Gasteiger partial charge in [0.1, 0.15) is 0 Å². The highest BCUT2D eigenvalue weighted by Gasteiger charge is 2.40. The van der Waals surface area contributed by atoms with Crippen LogP contribution in [-0.4, -0.2) is 36.2 Å². The first-order valence-corrected chi connectivity index (χ1v) is 22.3. The molecule has 0 amide bonds. The second-order valence-corrected chi connectivity index (χ2v) is 17.0. The van der Waals surface area contributed by atoms with E-state index >= 15 is 0 Å². The van der Waals surface area contributed by atoms with Gasteiger partial charge in [0.15, 0.2) is 0 Å². The Kier molecular flexibility index (Phi) is 30.7. The molecule has 0 aliphatic heterocycles. The fourth-order valence-electron chi connectivity index (χ4n) is 7.69. The highest BCUT2D eigenvalue weighted by molar-refractivity contribution is 5.79. The maximum absolute atomic E-state index is 12.9. The predicted molar refractivity (Wildman–Crippen MR) is 213 cm³/mol. The summed E-state index contributed by atoms with van der Waals surface area (Å²) in [5.74, 6) is -1.78. The van der Waals surface area contributed by atoms with E-state index in [-0.39, 0.29) is 24.8 Å². The second kappa shape index (κ2) is 33.0. The van der Waals surface area contributed by atoms with Crippen LogP contribution in [0.4, 0.5) is 0 Å². The van der Waals surface area contributed by atoms with Crippen molar-refractivity contribution in [2.24, 2.45) is 29.6 Å². The number of aliphatic carboxylic acids is 1. The summed E-state index contributed by atoms with van der Waals surface area (Å²) in [7, 11) is 0. The summed E-state index contributed by atoms with van der Waals surface area (Å²) in [6.45, 7) is 9.98. The van der Waals surface area contributed by atoms with E-state index in [0.29, 0.717) is 19.6 Å². The summed E-state index contributed by atoms with van der Waals surface area (Å²) in [6.07, 6.45) is 36.6. The van der Waals surface area contributed by atoms with E-state index in [1.807, 2.05) is 0 Å². The van der Waals surface area contributed by atoms with Gasteiger partial charge in [-0.1, -0.05) is 195 Å². The summed E-state index contributed by atoms with van der Waals surface area (Å²) in [6, 6.07) is 0. The first-order valence-electron chi connectivity index (χ1n) is 22.3. The molecule has 1 fully saturated rings. The standard InChI is InChI=1S/C45H84O6/c1-38(2)31-27-23-19-15-11-7-5-9-13-17-21-25-29-33-50-44(48)41-35-40(43(46)47)36-42(37-41)45(49)51-34-30-26-22-18-14-10-6-8-12-16-20-24-28-32-39(3)4/h38-42H,5-37H2,1-4H3,(H,46,47).